The maximum atomic E-state index is 6.20. The minimum Gasteiger partial charge on any atom is -0.493 e. The Morgan fingerprint density at radius 3 is 2.52 bits per heavy atom. The third-order valence-corrected chi connectivity index (χ3v) is 6.60. The smallest absolute Gasteiger partial charge is 0.163 e. The van der Waals surface area contributed by atoms with Crippen LogP contribution in [0, 0.1) is 0 Å². The lowest BCUT2D eigenvalue weighted by Crippen LogP contribution is -2.35. The van der Waals surface area contributed by atoms with Crippen molar-refractivity contribution < 1.29 is 14.2 Å². The van der Waals surface area contributed by atoms with Gasteiger partial charge in [0.25, 0.3) is 0 Å². The summed E-state index contributed by atoms with van der Waals surface area (Å²) in [6.45, 7) is 5.82. The second-order valence-electron chi connectivity index (χ2n) is 8.60. The number of H-pyrrole nitrogens is 1. The highest BCUT2D eigenvalue weighted by Crippen LogP contribution is 2.39. The zero-order chi connectivity index (χ0) is 21.2. The number of anilines is 1. The van der Waals surface area contributed by atoms with Gasteiger partial charge in [-0.3, -0.25) is 0 Å². The van der Waals surface area contributed by atoms with Crippen LogP contribution in [0.15, 0.2) is 24.4 Å². The number of methoxy groups -OCH3 is 2. The van der Waals surface area contributed by atoms with E-state index < -0.39 is 0 Å². The van der Waals surface area contributed by atoms with Crippen molar-refractivity contribution in [1.82, 2.24) is 14.9 Å². The molecule has 3 aromatic rings. The summed E-state index contributed by atoms with van der Waals surface area (Å²) < 4.78 is 17.6. The quantitative estimate of drug-likeness (QED) is 0.593. The summed E-state index contributed by atoms with van der Waals surface area (Å²) >= 11 is 0. The van der Waals surface area contributed by atoms with E-state index in [-0.39, 0.29) is 6.10 Å². The molecule has 166 valence electrons. The lowest BCUT2D eigenvalue weighted by molar-refractivity contribution is 0.0339. The molecule has 7 nitrogen and oxygen atoms in total. The Bertz CT molecular complexity index is 1040. The van der Waals surface area contributed by atoms with Crippen LogP contribution in [0.4, 0.5) is 5.82 Å². The van der Waals surface area contributed by atoms with Crippen molar-refractivity contribution in [3.63, 3.8) is 0 Å². The van der Waals surface area contributed by atoms with Gasteiger partial charge in [0.1, 0.15) is 18.5 Å². The molecule has 2 aliphatic rings. The second kappa shape index (κ2) is 8.93. The molecule has 2 saturated heterocycles. The zero-order valence-corrected chi connectivity index (χ0v) is 18.5. The topological polar surface area (TPSA) is 62.9 Å². The summed E-state index contributed by atoms with van der Waals surface area (Å²) in [5, 5.41) is 2.28. The third-order valence-electron chi connectivity index (χ3n) is 6.60. The molecule has 1 N–H and O–H groups in total. The van der Waals surface area contributed by atoms with E-state index in [1.165, 1.54) is 25.7 Å². The van der Waals surface area contributed by atoms with E-state index >= 15 is 0 Å². The van der Waals surface area contributed by atoms with Crippen molar-refractivity contribution in [2.24, 2.45) is 0 Å². The lowest BCUT2D eigenvalue weighted by Gasteiger charge is -2.23. The highest BCUT2D eigenvalue weighted by Gasteiger charge is 2.22. The van der Waals surface area contributed by atoms with Gasteiger partial charge in [0.15, 0.2) is 11.5 Å². The Morgan fingerprint density at radius 1 is 1.00 bits per heavy atom. The molecule has 0 aliphatic carbocycles. The molecule has 0 bridgehead atoms. The fourth-order valence-electron chi connectivity index (χ4n) is 4.91. The molecule has 1 aromatic carbocycles. The number of benzene rings is 1. The number of hydrogen-bond donors (Lipinski definition) is 1. The molecule has 0 spiro atoms. The van der Waals surface area contributed by atoms with Gasteiger partial charge in [-0.25, -0.2) is 4.98 Å². The van der Waals surface area contributed by atoms with Crippen molar-refractivity contribution in [3.05, 3.63) is 24.4 Å². The highest BCUT2D eigenvalue weighted by molar-refractivity contribution is 6.13. The van der Waals surface area contributed by atoms with Gasteiger partial charge < -0.3 is 29.0 Å². The Kier molecular flexibility index (Phi) is 5.87. The molecule has 4 heterocycles. The Hall–Kier alpha value is -2.51. The van der Waals surface area contributed by atoms with E-state index in [0.29, 0.717) is 6.61 Å². The standard InChI is InChI=1S/C24H32N4O3/c1-29-17(15-27-9-3-4-10-27)16-31-22-14-20-18(13-21(22)30-2)23-19(26-20)7-8-25-24(23)28-11-5-6-12-28/h7-8,13-14,17,26H,3-6,9-12,15-16H2,1-2H3. The molecule has 7 heteroatoms. The summed E-state index contributed by atoms with van der Waals surface area (Å²) in [5.41, 5.74) is 2.13. The average molecular weight is 425 g/mol. The predicted octanol–water partition coefficient (Wildman–Crippen LogP) is 3.81. The predicted molar refractivity (Wildman–Crippen MR) is 124 cm³/mol. The molecule has 2 fully saturated rings. The van der Waals surface area contributed by atoms with Crippen LogP contribution in [0.25, 0.3) is 21.8 Å². The van der Waals surface area contributed by atoms with E-state index in [9.17, 15) is 0 Å². The first kappa shape index (κ1) is 20.4. The number of ether oxygens (including phenoxy) is 3. The molecule has 0 amide bonds. The normalized spacial score (nSPS) is 18.3. The molecule has 0 radical (unpaired) electrons. The first-order valence-corrected chi connectivity index (χ1v) is 11.4. The Labute approximate surface area is 183 Å². The highest BCUT2D eigenvalue weighted by atomic mass is 16.5. The summed E-state index contributed by atoms with van der Waals surface area (Å²) in [4.78, 5) is 13.1. The average Bonchev–Trinajstić information content (AvgIpc) is 3.56. The largest absolute Gasteiger partial charge is 0.493 e. The fraction of sp³-hybridized carbons (Fsp3) is 0.542. The van der Waals surface area contributed by atoms with Gasteiger partial charge in [-0.2, -0.15) is 0 Å². The Balaban J connectivity index is 1.44. The van der Waals surface area contributed by atoms with Crippen molar-refractivity contribution >= 4 is 27.6 Å². The van der Waals surface area contributed by atoms with Crippen LogP contribution in [-0.4, -0.2) is 74.5 Å². The van der Waals surface area contributed by atoms with Gasteiger partial charge in [0.05, 0.1) is 23.5 Å². The van der Waals surface area contributed by atoms with Crippen LogP contribution in [-0.2, 0) is 4.74 Å². The van der Waals surface area contributed by atoms with E-state index in [0.717, 1.165) is 71.8 Å². The number of pyridine rings is 1. The van der Waals surface area contributed by atoms with E-state index in [2.05, 4.69) is 20.9 Å². The number of rotatable bonds is 8. The van der Waals surface area contributed by atoms with Gasteiger partial charge in [0.2, 0.25) is 0 Å². The summed E-state index contributed by atoms with van der Waals surface area (Å²) in [6.07, 6.45) is 6.92. The number of hydrogen-bond acceptors (Lipinski definition) is 6. The SMILES string of the molecule is COc1cc2c(cc1OCC(CN1CCCC1)OC)[nH]c1ccnc(N3CCCC3)c12. The molecule has 5 rings (SSSR count). The van der Waals surface area contributed by atoms with E-state index in [1.807, 2.05) is 18.3 Å². The molecular formula is C24H32N4O3. The minimum atomic E-state index is 0.0344. The van der Waals surface area contributed by atoms with Crippen LogP contribution in [0.2, 0.25) is 0 Å². The van der Waals surface area contributed by atoms with Gasteiger partial charge in [-0.1, -0.05) is 0 Å². The number of nitrogens with one attached hydrogen (secondary N) is 1. The van der Waals surface area contributed by atoms with Gasteiger partial charge in [0, 0.05) is 44.4 Å². The van der Waals surface area contributed by atoms with E-state index in [4.69, 9.17) is 19.2 Å². The van der Waals surface area contributed by atoms with Crippen LogP contribution in [0.5, 0.6) is 11.5 Å². The molecule has 31 heavy (non-hydrogen) atoms. The van der Waals surface area contributed by atoms with Crippen LogP contribution >= 0.6 is 0 Å². The maximum absolute atomic E-state index is 6.20. The Morgan fingerprint density at radius 2 is 1.77 bits per heavy atom. The van der Waals surface area contributed by atoms with Gasteiger partial charge in [-0.05, 0) is 50.9 Å². The molecule has 0 saturated carbocycles. The van der Waals surface area contributed by atoms with Crippen LogP contribution in [0.3, 0.4) is 0 Å². The third kappa shape index (κ3) is 4.04. The number of aromatic nitrogens is 2. The van der Waals surface area contributed by atoms with Crippen molar-refractivity contribution in [2.75, 3.05) is 58.5 Å². The number of likely N-dealkylation sites (tertiary alicyclic amines) is 1. The molecular weight excluding hydrogens is 392 g/mol. The van der Waals surface area contributed by atoms with Crippen molar-refractivity contribution in [2.45, 2.75) is 31.8 Å². The molecule has 1 atom stereocenters. The summed E-state index contributed by atoms with van der Waals surface area (Å²) in [5.74, 6) is 2.53. The molecule has 2 aliphatic heterocycles. The second-order valence-corrected chi connectivity index (χ2v) is 8.60. The minimum absolute atomic E-state index is 0.0344. The first-order chi connectivity index (χ1) is 15.3. The van der Waals surface area contributed by atoms with E-state index in [1.54, 1.807) is 14.2 Å². The van der Waals surface area contributed by atoms with Gasteiger partial charge >= 0.3 is 0 Å². The maximum Gasteiger partial charge on any atom is 0.163 e. The van der Waals surface area contributed by atoms with Crippen molar-refractivity contribution in [3.8, 4) is 11.5 Å². The molecule has 2 aromatic heterocycles. The number of aromatic amines is 1. The summed E-state index contributed by atoms with van der Waals surface area (Å²) in [7, 11) is 3.45. The van der Waals surface area contributed by atoms with Crippen molar-refractivity contribution in [1.29, 1.82) is 0 Å². The molecule has 1 unspecified atom stereocenters. The number of nitrogens with zero attached hydrogens (tertiary/aromatic N) is 3. The number of fused-ring (bicyclic) bond motifs is 3. The summed E-state index contributed by atoms with van der Waals surface area (Å²) in [6, 6.07) is 6.16. The zero-order valence-electron chi connectivity index (χ0n) is 18.5. The van der Waals surface area contributed by atoms with Gasteiger partial charge in [-0.15, -0.1) is 0 Å². The van der Waals surface area contributed by atoms with Crippen LogP contribution in [0.1, 0.15) is 25.7 Å². The first-order valence-electron chi connectivity index (χ1n) is 11.4. The lowest BCUT2D eigenvalue weighted by atomic mass is 10.1. The fourth-order valence-corrected chi connectivity index (χ4v) is 4.91. The monoisotopic (exact) mass is 424 g/mol. The van der Waals surface area contributed by atoms with Crippen LogP contribution < -0.4 is 14.4 Å².